The lowest BCUT2D eigenvalue weighted by molar-refractivity contribution is 0.0762. The molecule has 1 saturated heterocycles. The van der Waals surface area contributed by atoms with E-state index in [4.69, 9.17) is 4.42 Å². The Labute approximate surface area is 125 Å². The van der Waals surface area contributed by atoms with Crippen LogP contribution in [0.1, 0.15) is 25.5 Å². The Morgan fingerprint density at radius 3 is 2.86 bits per heavy atom. The lowest BCUT2D eigenvalue weighted by atomic mass is 9.94. The Balaban J connectivity index is 1.69. The van der Waals surface area contributed by atoms with Crippen molar-refractivity contribution in [3.63, 3.8) is 0 Å². The maximum absolute atomic E-state index is 9.35. The predicted octanol–water partition coefficient (Wildman–Crippen LogP) is 2.93. The molecule has 0 saturated carbocycles. The van der Waals surface area contributed by atoms with Crippen molar-refractivity contribution in [2.24, 2.45) is 5.92 Å². The molecule has 2 unspecified atom stereocenters. The quantitative estimate of drug-likeness (QED) is 0.939. The minimum absolute atomic E-state index is 0.275. The van der Waals surface area contributed by atoms with Gasteiger partial charge in [0.15, 0.2) is 0 Å². The van der Waals surface area contributed by atoms with Crippen LogP contribution in [0.2, 0.25) is 0 Å². The average Bonchev–Trinajstić information content (AvgIpc) is 2.99. The van der Waals surface area contributed by atoms with Crippen LogP contribution >= 0.6 is 0 Å². The monoisotopic (exact) mass is 286 g/mol. The number of rotatable bonds is 4. The van der Waals surface area contributed by atoms with Gasteiger partial charge < -0.3 is 9.52 Å². The van der Waals surface area contributed by atoms with E-state index >= 15 is 0 Å². The third-order valence-corrected chi connectivity index (χ3v) is 4.30. The SMILES string of the molecule is CC1CCC(CO)CN1Cc1coc(-c2ccccc2)n1. The fraction of sp³-hybridized carbons (Fsp3) is 0.471. The van der Waals surface area contributed by atoms with E-state index in [9.17, 15) is 5.11 Å². The average molecular weight is 286 g/mol. The van der Waals surface area contributed by atoms with Crippen LogP contribution in [0.4, 0.5) is 0 Å². The fourth-order valence-electron chi connectivity index (χ4n) is 2.93. The van der Waals surface area contributed by atoms with Crippen molar-refractivity contribution in [2.45, 2.75) is 32.4 Å². The summed E-state index contributed by atoms with van der Waals surface area (Å²) in [5, 5.41) is 9.35. The maximum atomic E-state index is 9.35. The highest BCUT2D eigenvalue weighted by Crippen LogP contribution is 2.24. The molecule has 0 amide bonds. The molecule has 2 heterocycles. The van der Waals surface area contributed by atoms with Crippen molar-refractivity contribution in [2.75, 3.05) is 13.2 Å². The van der Waals surface area contributed by atoms with Crippen LogP contribution in [-0.2, 0) is 6.54 Å². The summed E-state index contributed by atoms with van der Waals surface area (Å²) < 4.78 is 5.59. The molecule has 1 aromatic carbocycles. The third-order valence-electron chi connectivity index (χ3n) is 4.30. The van der Waals surface area contributed by atoms with E-state index in [0.717, 1.165) is 37.2 Å². The molecule has 0 spiro atoms. The summed E-state index contributed by atoms with van der Waals surface area (Å²) in [6.45, 7) is 4.24. The highest BCUT2D eigenvalue weighted by atomic mass is 16.3. The number of aromatic nitrogens is 1. The number of likely N-dealkylation sites (tertiary alicyclic amines) is 1. The predicted molar refractivity (Wildman–Crippen MR) is 81.6 cm³/mol. The van der Waals surface area contributed by atoms with Crippen LogP contribution in [0.5, 0.6) is 0 Å². The van der Waals surface area contributed by atoms with Gasteiger partial charge >= 0.3 is 0 Å². The first-order chi connectivity index (χ1) is 10.3. The molecule has 3 rings (SSSR count). The maximum Gasteiger partial charge on any atom is 0.226 e. The zero-order valence-electron chi connectivity index (χ0n) is 12.4. The number of aliphatic hydroxyl groups is 1. The van der Waals surface area contributed by atoms with E-state index in [1.807, 2.05) is 30.3 Å². The highest BCUT2D eigenvalue weighted by molar-refractivity contribution is 5.52. The van der Waals surface area contributed by atoms with E-state index in [0.29, 0.717) is 17.9 Å². The Morgan fingerprint density at radius 2 is 2.10 bits per heavy atom. The first kappa shape index (κ1) is 14.3. The highest BCUT2D eigenvalue weighted by Gasteiger charge is 2.25. The molecule has 1 N–H and O–H groups in total. The molecule has 0 aliphatic carbocycles. The Bertz CT molecular complexity index is 567. The summed E-state index contributed by atoms with van der Waals surface area (Å²) in [6, 6.07) is 10.5. The molecule has 4 nitrogen and oxygen atoms in total. The first-order valence-corrected chi connectivity index (χ1v) is 7.61. The Kier molecular flexibility index (Phi) is 4.36. The lowest BCUT2D eigenvalue weighted by Gasteiger charge is -2.36. The zero-order chi connectivity index (χ0) is 14.7. The largest absolute Gasteiger partial charge is 0.444 e. The minimum atomic E-state index is 0.275. The summed E-state index contributed by atoms with van der Waals surface area (Å²) in [6.07, 6.45) is 3.99. The normalized spacial score (nSPS) is 23.3. The number of hydrogen-bond acceptors (Lipinski definition) is 4. The van der Waals surface area contributed by atoms with E-state index in [1.165, 1.54) is 0 Å². The van der Waals surface area contributed by atoms with Crippen molar-refractivity contribution in [3.05, 3.63) is 42.3 Å². The van der Waals surface area contributed by atoms with Crippen molar-refractivity contribution < 1.29 is 9.52 Å². The van der Waals surface area contributed by atoms with E-state index in [2.05, 4.69) is 16.8 Å². The van der Waals surface area contributed by atoms with E-state index in [1.54, 1.807) is 6.26 Å². The van der Waals surface area contributed by atoms with Gasteiger partial charge in [-0.3, -0.25) is 4.90 Å². The summed E-state index contributed by atoms with van der Waals surface area (Å²) >= 11 is 0. The molecule has 1 aromatic heterocycles. The second-order valence-corrected chi connectivity index (χ2v) is 5.91. The van der Waals surface area contributed by atoms with Crippen molar-refractivity contribution in [1.29, 1.82) is 0 Å². The third kappa shape index (κ3) is 3.34. The standard InChI is InChI=1S/C17H22N2O2/c1-13-7-8-14(11-20)9-19(13)10-16-12-21-17(18-16)15-5-3-2-4-6-15/h2-6,12-14,20H,7-11H2,1H3. The van der Waals surface area contributed by atoms with Gasteiger partial charge in [-0.2, -0.15) is 0 Å². The van der Waals surface area contributed by atoms with Crippen LogP contribution in [0, 0.1) is 5.92 Å². The number of nitrogens with zero attached hydrogens (tertiary/aromatic N) is 2. The van der Waals surface area contributed by atoms with Gasteiger partial charge in [0.2, 0.25) is 5.89 Å². The number of benzene rings is 1. The van der Waals surface area contributed by atoms with Crippen molar-refractivity contribution >= 4 is 0 Å². The van der Waals surface area contributed by atoms with Gasteiger partial charge in [-0.05, 0) is 37.8 Å². The minimum Gasteiger partial charge on any atom is -0.444 e. The molecule has 0 bridgehead atoms. The fourth-order valence-corrected chi connectivity index (χ4v) is 2.93. The van der Waals surface area contributed by atoms with Crippen LogP contribution in [0.3, 0.4) is 0 Å². The first-order valence-electron chi connectivity index (χ1n) is 7.61. The number of piperidine rings is 1. The van der Waals surface area contributed by atoms with Crippen molar-refractivity contribution in [1.82, 2.24) is 9.88 Å². The molecule has 0 radical (unpaired) electrons. The van der Waals surface area contributed by atoms with Crippen molar-refractivity contribution in [3.8, 4) is 11.5 Å². The number of oxazole rings is 1. The molecule has 2 atom stereocenters. The van der Waals surface area contributed by atoms with Gasteiger partial charge in [-0.25, -0.2) is 4.98 Å². The number of hydrogen-bond donors (Lipinski definition) is 1. The van der Waals surface area contributed by atoms with Crippen LogP contribution in [-0.4, -0.2) is 34.2 Å². The molecule has 1 aliphatic rings. The summed E-state index contributed by atoms with van der Waals surface area (Å²) in [4.78, 5) is 6.97. The van der Waals surface area contributed by atoms with Gasteiger partial charge in [0.25, 0.3) is 0 Å². The molecule has 2 aromatic rings. The Morgan fingerprint density at radius 1 is 1.29 bits per heavy atom. The zero-order valence-corrected chi connectivity index (χ0v) is 12.4. The van der Waals surface area contributed by atoms with E-state index < -0.39 is 0 Å². The molecular formula is C17H22N2O2. The molecule has 21 heavy (non-hydrogen) atoms. The van der Waals surface area contributed by atoms with Crippen LogP contribution in [0.25, 0.3) is 11.5 Å². The summed E-state index contributed by atoms with van der Waals surface area (Å²) in [5.41, 5.74) is 1.96. The summed E-state index contributed by atoms with van der Waals surface area (Å²) in [5.74, 6) is 1.07. The second kappa shape index (κ2) is 6.41. The van der Waals surface area contributed by atoms with Gasteiger partial charge in [0.05, 0.1) is 5.69 Å². The number of aliphatic hydroxyl groups excluding tert-OH is 1. The smallest absolute Gasteiger partial charge is 0.226 e. The lowest BCUT2D eigenvalue weighted by Crippen LogP contribution is -2.42. The molecule has 1 aliphatic heterocycles. The molecule has 4 heteroatoms. The van der Waals surface area contributed by atoms with Gasteiger partial charge in [0, 0.05) is 31.3 Å². The topological polar surface area (TPSA) is 49.5 Å². The van der Waals surface area contributed by atoms with Gasteiger partial charge in [0.1, 0.15) is 6.26 Å². The van der Waals surface area contributed by atoms with Crippen LogP contribution < -0.4 is 0 Å². The molecular weight excluding hydrogens is 264 g/mol. The molecule has 112 valence electrons. The molecule has 1 fully saturated rings. The Hall–Kier alpha value is -1.65. The van der Waals surface area contributed by atoms with Crippen LogP contribution in [0.15, 0.2) is 41.0 Å². The summed E-state index contributed by atoms with van der Waals surface area (Å²) in [7, 11) is 0. The van der Waals surface area contributed by atoms with Gasteiger partial charge in [-0.1, -0.05) is 18.2 Å². The van der Waals surface area contributed by atoms with E-state index in [-0.39, 0.29) is 6.61 Å². The van der Waals surface area contributed by atoms with Gasteiger partial charge in [-0.15, -0.1) is 0 Å². The second-order valence-electron chi connectivity index (χ2n) is 5.91.